The molecule has 0 heterocycles. The van der Waals surface area contributed by atoms with Gasteiger partial charge in [-0.3, -0.25) is 0 Å². The van der Waals surface area contributed by atoms with Gasteiger partial charge in [0.2, 0.25) is 0 Å². The van der Waals surface area contributed by atoms with Crippen LogP contribution in [0.4, 0.5) is 14.5 Å². The first-order chi connectivity index (χ1) is 6.07. The molecule has 0 amide bonds. The molecule has 0 spiro atoms. The molecule has 1 aromatic rings. The van der Waals surface area contributed by atoms with Crippen LogP contribution in [0.25, 0.3) is 0 Å². The topological polar surface area (TPSA) is 52.3 Å². The van der Waals surface area contributed by atoms with Gasteiger partial charge in [0.15, 0.2) is 11.6 Å². The Morgan fingerprint density at radius 3 is 2.54 bits per heavy atom. The number of halogens is 2. The molecule has 0 bridgehead atoms. The van der Waals surface area contributed by atoms with Crippen LogP contribution in [0.1, 0.15) is 10.4 Å². The Labute approximate surface area is 73.1 Å². The van der Waals surface area contributed by atoms with E-state index in [0.717, 1.165) is 19.2 Å². The Morgan fingerprint density at radius 2 is 2.00 bits per heavy atom. The second kappa shape index (κ2) is 3.38. The number of hydrogen-bond acceptors (Lipinski definition) is 3. The van der Waals surface area contributed by atoms with Gasteiger partial charge < -0.3 is 10.5 Å². The van der Waals surface area contributed by atoms with E-state index in [1.165, 1.54) is 0 Å². The molecule has 1 aromatic carbocycles. The maximum Gasteiger partial charge on any atom is 0.340 e. The molecule has 0 saturated carbocycles. The summed E-state index contributed by atoms with van der Waals surface area (Å²) in [5, 5.41) is 0. The van der Waals surface area contributed by atoms with E-state index in [1.807, 2.05) is 0 Å². The molecule has 2 N–H and O–H groups in total. The lowest BCUT2D eigenvalue weighted by Gasteiger charge is -2.03. The lowest BCUT2D eigenvalue weighted by Crippen LogP contribution is -2.07. The van der Waals surface area contributed by atoms with E-state index in [1.54, 1.807) is 0 Å². The minimum Gasteiger partial charge on any atom is -0.465 e. The highest BCUT2D eigenvalue weighted by molar-refractivity contribution is 5.90. The Hall–Kier alpha value is -1.65. The third-order valence-electron chi connectivity index (χ3n) is 1.52. The number of methoxy groups -OCH3 is 1. The zero-order valence-electron chi connectivity index (χ0n) is 6.80. The molecule has 70 valence electrons. The number of anilines is 1. The number of carbonyl (C=O) groups is 1. The number of nitrogen functional groups attached to an aromatic ring is 1. The Morgan fingerprint density at radius 1 is 1.38 bits per heavy atom. The number of hydrogen-bond donors (Lipinski definition) is 1. The molecule has 0 aliphatic heterocycles. The lowest BCUT2D eigenvalue weighted by atomic mass is 10.2. The zero-order chi connectivity index (χ0) is 10.0. The van der Waals surface area contributed by atoms with E-state index in [9.17, 15) is 13.6 Å². The molecule has 5 heteroatoms. The van der Waals surface area contributed by atoms with Crippen molar-refractivity contribution in [1.29, 1.82) is 0 Å². The van der Waals surface area contributed by atoms with Crippen molar-refractivity contribution in [2.24, 2.45) is 0 Å². The van der Waals surface area contributed by atoms with Crippen molar-refractivity contribution in [1.82, 2.24) is 0 Å². The quantitative estimate of drug-likeness (QED) is 0.533. The van der Waals surface area contributed by atoms with Crippen molar-refractivity contribution in [2.45, 2.75) is 0 Å². The first-order valence-corrected chi connectivity index (χ1v) is 3.39. The van der Waals surface area contributed by atoms with Crippen molar-refractivity contribution >= 4 is 11.7 Å². The first-order valence-electron chi connectivity index (χ1n) is 3.39. The first kappa shape index (κ1) is 9.44. The maximum absolute atomic E-state index is 12.9. The number of nitrogens with two attached hydrogens (primary N) is 1. The molecule has 0 unspecified atom stereocenters. The normalized spacial score (nSPS) is 9.77. The van der Waals surface area contributed by atoms with Crippen LogP contribution >= 0.6 is 0 Å². The minimum atomic E-state index is -1.29. The lowest BCUT2D eigenvalue weighted by molar-refractivity contribution is 0.0594. The molecular formula is C8H7F2NO2. The number of benzene rings is 1. The van der Waals surface area contributed by atoms with Gasteiger partial charge in [-0.15, -0.1) is 0 Å². The van der Waals surface area contributed by atoms with Crippen molar-refractivity contribution in [3.8, 4) is 0 Å². The second-order valence-corrected chi connectivity index (χ2v) is 2.32. The highest BCUT2D eigenvalue weighted by atomic mass is 19.2. The van der Waals surface area contributed by atoms with E-state index in [4.69, 9.17) is 5.73 Å². The molecule has 13 heavy (non-hydrogen) atoms. The van der Waals surface area contributed by atoms with Crippen LogP contribution in [0.3, 0.4) is 0 Å². The third kappa shape index (κ3) is 1.58. The van der Waals surface area contributed by atoms with E-state index in [2.05, 4.69) is 4.74 Å². The smallest absolute Gasteiger partial charge is 0.340 e. The van der Waals surface area contributed by atoms with Gasteiger partial charge in [0, 0.05) is 0 Å². The summed E-state index contributed by atoms with van der Waals surface area (Å²) in [6.07, 6.45) is 0. The van der Waals surface area contributed by atoms with Gasteiger partial charge in [-0.1, -0.05) is 0 Å². The summed E-state index contributed by atoms with van der Waals surface area (Å²) >= 11 is 0. The van der Waals surface area contributed by atoms with Crippen LogP contribution in [0, 0.1) is 11.6 Å². The van der Waals surface area contributed by atoms with Crippen LogP contribution in [0.15, 0.2) is 12.1 Å². The molecule has 0 aliphatic rings. The number of rotatable bonds is 1. The summed E-state index contributed by atoms with van der Waals surface area (Å²) in [5.74, 6) is -3.45. The number of ether oxygens (including phenoxy) is 1. The zero-order valence-corrected chi connectivity index (χ0v) is 6.80. The molecule has 1 rings (SSSR count). The average molecular weight is 187 g/mol. The fourth-order valence-electron chi connectivity index (χ4n) is 0.832. The van der Waals surface area contributed by atoms with Crippen molar-refractivity contribution in [2.75, 3.05) is 12.8 Å². The third-order valence-corrected chi connectivity index (χ3v) is 1.52. The molecule has 3 nitrogen and oxygen atoms in total. The second-order valence-electron chi connectivity index (χ2n) is 2.32. The molecule has 0 aromatic heterocycles. The molecule has 0 aliphatic carbocycles. The van der Waals surface area contributed by atoms with Crippen LogP contribution in [-0.2, 0) is 4.74 Å². The summed E-state index contributed by atoms with van der Waals surface area (Å²) in [5.41, 5.74) is 4.26. The van der Waals surface area contributed by atoms with E-state index < -0.39 is 23.2 Å². The van der Waals surface area contributed by atoms with Crippen molar-refractivity contribution in [3.05, 3.63) is 29.3 Å². The summed E-state index contributed by atoms with van der Waals surface area (Å²) in [6.45, 7) is 0. The Bertz CT molecular complexity index is 352. The fourth-order valence-corrected chi connectivity index (χ4v) is 0.832. The Kier molecular flexibility index (Phi) is 2.46. The predicted octanol–water partition coefficient (Wildman–Crippen LogP) is 1.33. The molecule has 0 radical (unpaired) electrons. The van der Waals surface area contributed by atoms with Crippen LogP contribution in [0.2, 0.25) is 0 Å². The minimum absolute atomic E-state index is 0.342. The molecule has 0 atom stereocenters. The van der Waals surface area contributed by atoms with E-state index in [0.29, 0.717) is 0 Å². The number of carbonyl (C=O) groups excluding carboxylic acids is 1. The van der Waals surface area contributed by atoms with Crippen molar-refractivity contribution < 1.29 is 18.3 Å². The van der Waals surface area contributed by atoms with Crippen LogP contribution in [0.5, 0.6) is 0 Å². The predicted molar refractivity (Wildman–Crippen MR) is 42.1 cm³/mol. The average Bonchev–Trinajstić information content (AvgIpc) is 2.13. The van der Waals surface area contributed by atoms with Crippen LogP contribution < -0.4 is 5.73 Å². The highest BCUT2D eigenvalue weighted by Crippen LogP contribution is 2.18. The summed E-state index contributed by atoms with van der Waals surface area (Å²) in [7, 11) is 1.08. The van der Waals surface area contributed by atoms with Crippen molar-refractivity contribution in [3.63, 3.8) is 0 Å². The standard InChI is InChI=1S/C8H7F2NO2/c1-13-8(12)4-2-3-5(11)7(10)6(4)9/h2-3H,11H2,1H3. The summed E-state index contributed by atoms with van der Waals surface area (Å²) < 4.78 is 29.9. The molecule has 0 fully saturated rings. The van der Waals surface area contributed by atoms with Gasteiger partial charge in [-0.2, -0.15) is 0 Å². The molecule has 0 saturated heterocycles. The van der Waals surface area contributed by atoms with Gasteiger partial charge in [-0.25, -0.2) is 13.6 Å². The number of esters is 1. The summed E-state index contributed by atoms with van der Waals surface area (Å²) in [4.78, 5) is 10.8. The highest BCUT2D eigenvalue weighted by Gasteiger charge is 2.17. The summed E-state index contributed by atoms with van der Waals surface area (Å²) in [6, 6.07) is 2.17. The van der Waals surface area contributed by atoms with Gasteiger partial charge in [0.1, 0.15) is 0 Å². The van der Waals surface area contributed by atoms with Crippen LogP contribution in [-0.4, -0.2) is 13.1 Å². The SMILES string of the molecule is COC(=O)c1ccc(N)c(F)c1F. The van der Waals surface area contributed by atoms with Gasteiger partial charge in [-0.05, 0) is 12.1 Å². The monoisotopic (exact) mass is 187 g/mol. The van der Waals surface area contributed by atoms with Gasteiger partial charge in [0.25, 0.3) is 0 Å². The van der Waals surface area contributed by atoms with E-state index in [-0.39, 0.29) is 5.69 Å². The van der Waals surface area contributed by atoms with E-state index >= 15 is 0 Å². The molecular weight excluding hydrogens is 180 g/mol. The largest absolute Gasteiger partial charge is 0.465 e. The van der Waals surface area contributed by atoms with Gasteiger partial charge >= 0.3 is 5.97 Å². The van der Waals surface area contributed by atoms with Gasteiger partial charge in [0.05, 0.1) is 18.4 Å². The maximum atomic E-state index is 12.9. The fraction of sp³-hybridized carbons (Fsp3) is 0.125. The Balaban J connectivity index is 3.26.